The van der Waals surface area contributed by atoms with E-state index >= 15 is 0 Å². The van der Waals surface area contributed by atoms with Gasteiger partial charge in [-0.3, -0.25) is 4.57 Å². The van der Waals surface area contributed by atoms with Gasteiger partial charge in [-0.25, -0.2) is 4.79 Å². The summed E-state index contributed by atoms with van der Waals surface area (Å²) in [7, 11) is 1.26. The molecule has 4 atom stereocenters. The average molecular weight is 282 g/mol. The van der Waals surface area contributed by atoms with E-state index in [1.54, 1.807) is 0 Å². The minimum absolute atomic E-state index is 0.00874. The first kappa shape index (κ1) is 14.4. The number of anilines is 1. The van der Waals surface area contributed by atoms with Gasteiger partial charge in [-0.2, -0.15) is 10.2 Å². The standard InChI is InChI=1S/C11H14N4O5/c1-19-9-8(17)6(4-16)20-11(9,5-12)15-3-2-7(13)14-10(15)18/h2-3,6,8-9,16-17H,4H2,1H3,(H2,13,14,18)/t6-,8-,9-,11-/m1/s1. The van der Waals surface area contributed by atoms with Crippen molar-refractivity contribution in [2.45, 2.75) is 24.0 Å². The van der Waals surface area contributed by atoms with E-state index in [1.807, 2.05) is 6.07 Å². The molecule has 9 nitrogen and oxygen atoms in total. The number of methoxy groups -OCH3 is 1. The summed E-state index contributed by atoms with van der Waals surface area (Å²) in [6.07, 6.45) is -2.25. The number of nitrogens with zero attached hydrogens (tertiary/aromatic N) is 3. The van der Waals surface area contributed by atoms with Crippen LogP contribution in [0, 0.1) is 11.3 Å². The Morgan fingerprint density at radius 3 is 2.95 bits per heavy atom. The molecule has 108 valence electrons. The molecule has 0 saturated carbocycles. The average Bonchev–Trinajstić information content (AvgIpc) is 2.71. The Bertz CT molecular complexity index is 597. The molecule has 4 N–H and O–H groups in total. The topological polar surface area (TPSA) is 144 Å². The molecule has 0 radical (unpaired) electrons. The molecule has 1 fully saturated rings. The third kappa shape index (κ3) is 1.95. The lowest BCUT2D eigenvalue weighted by Crippen LogP contribution is -2.50. The lowest BCUT2D eigenvalue weighted by atomic mass is 10.0. The largest absolute Gasteiger partial charge is 0.394 e. The van der Waals surface area contributed by atoms with Crippen molar-refractivity contribution in [3.63, 3.8) is 0 Å². The van der Waals surface area contributed by atoms with Crippen LogP contribution in [0.3, 0.4) is 0 Å². The van der Waals surface area contributed by atoms with Crippen LogP contribution in [-0.4, -0.2) is 51.8 Å². The Labute approximate surface area is 113 Å². The molecule has 1 saturated heterocycles. The molecule has 1 aromatic rings. The third-order valence-corrected chi connectivity index (χ3v) is 3.18. The number of nitrogen functional groups attached to an aromatic ring is 1. The van der Waals surface area contributed by atoms with Crippen molar-refractivity contribution in [3.8, 4) is 6.07 Å². The predicted molar refractivity (Wildman–Crippen MR) is 65.3 cm³/mol. The zero-order valence-corrected chi connectivity index (χ0v) is 10.6. The summed E-state index contributed by atoms with van der Waals surface area (Å²) in [5.41, 5.74) is 2.65. The van der Waals surface area contributed by atoms with E-state index in [0.717, 1.165) is 4.57 Å². The van der Waals surface area contributed by atoms with Gasteiger partial charge in [0.1, 0.15) is 30.2 Å². The zero-order chi connectivity index (χ0) is 14.9. The number of nitriles is 1. The first-order chi connectivity index (χ1) is 9.50. The summed E-state index contributed by atoms with van der Waals surface area (Å²) >= 11 is 0. The number of aliphatic hydroxyl groups is 2. The molecule has 2 rings (SSSR count). The van der Waals surface area contributed by atoms with Crippen LogP contribution in [0.1, 0.15) is 0 Å². The van der Waals surface area contributed by atoms with Gasteiger partial charge in [-0.15, -0.1) is 0 Å². The monoisotopic (exact) mass is 282 g/mol. The van der Waals surface area contributed by atoms with Crippen LogP contribution < -0.4 is 11.4 Å². The summed E-state index contributed by atoms with van der Waals surface area (Å²) in [5, 5.41) is 28.6. The summed E-state index contributed by atoms with van der Waals surface area (Å²) in [6.45, 7) is -0.526. The molecule has 1 aliphatic heterocycles. The normalized spacial score (nSPS) is 33.0. The van der Waals surface area contributed by atoms with Crippen LogP contribution in [0.4, 0.5) is 5.82 Å². The molecule has 0 aliphatic carbocycles. The van der Waals surface area contributed by atoms with Crippen molar-refractivity contribution in [2.24, 2.45) is 0 Å². The highest BCUT2D eigenvalue weighted by Crippen LogP contribution is 2.36. The molecule has 0 amide bonds. The Hall–Kier alpha value is -1.99. The number of ether oxygens (including phenoxy) is 2. The van der Waals surface area contributed by atoms with E-state index in [9.17, 15) is 15.2 Å². The lowest BCUT2D eigenvalue weighted by Gasteiger charge is -2.28. The van der Waals surface area contributed by atoms with Gasteiger partial charge in [0, 0.05) is 13.3 Å². The van der Waals surface area contributed by atoms with Gasteiger partial charge in [0.15, 0.2) is 0 Å². The number of hydrogen-bond acceptors (Lipinski definition) is 8. The number of rotatable bonds is 3. The van der Waals surface area contributed by atoms with Crippen LogP contribution >= 0.6 is 0 Å². The first-order valence-electron chi connectivity index (χ1n) is 5.76. The second-order valence-electron chi connectivity index (χ2n) is 4.30. The van der Waals surface area contributed by atoms with Crippen LogP contribution in [0.15, 0.2) is 17.1 Å². The number of nitrogens with two attached hydrogens (primary N) is 1. The highest BCUT2D eigenvalue weighted by atomic mass is 16.6. The second-order valence-corrected chi connectivity index (χ2v) is 4.30. The Balaban J connectivity index is 2.59. The minimum Gasteiger partial charge on any atom is -0.394 e. The Kier molecular flexibility index (Phi) is 3.74. The van der Waals surface area contributed by atoms with Crippen LogP contribution in [0.5, 0.6) is 0 Å². The fourth-order valence-corrected chi connectivity index (χ4v) is 2.25. The number of hydrogen-bond donors (Lipinski definition) is 3. The molecule has 0 bridgehead atoms. The minimum atomic E-state index is -1.92. The molecular formula is C11H14N4O5. The van der Waals surface area contributed by atoms with Crippen molar-refractivity contribution in [3.05, 3.63) is 22.7 Å². The summed E-state index contributed by atoms with van der Waals surface area (Å²) in [6, 6.07) is 3.13. The van der Waals surface area contributed by atoms with Gasteiger partial charge in [-0.05, 0) is 6.07 Å². The highest BCUT2D eigenvalue weighted by Gasteiger charge is 2.57. The SMILES string of the molecule is CO[C@@H]1[C@H](O)[C@@H](CO)O[C@@]1(C#N)n1ccc(N)nc1=O. The molecule has 9 heteroatoms. The lowest BCUT2D eigenvalue weighted by molar-refractivity contribution is -0.117. The molecule has 0 spiro atoms. The maximum absolute atomic E-state index is 11.9. The van der Waals surface area contributed by atoms with E-state index in [0.29, 0.717) is 0 Å². The molecule has 20 heavy (non-hydrogen) atoms. The van der Waals surface area contributed by atoms with Crippen molar-refractivity contribution < 1.29 is 19.7 Å². The van der Waals surface area contributed by atoms with Crippen molar-refractivity contribution in [1.82, 2.24) is 9.55 Å². The molecule has 1 aromatic heterocycles. The molecule has 2 heterocycles. The molecule has 1 aliphatic rings. The van der Waals surface area contributed by atoms with Gasteiger partial charge >= 0.3 is 5.69 Å². The van der Waals surface area contributed by atoms with Gasteiger partial charge < -0.3 is 25.4 Å². The second kappa shape index (κ2) is 5.18. The smallest absolute Gasteiger partial charge is 0.352 e. The van der Waals surface area contributed by atoms with Gasteiger partial charge in [0.05, 0.1) is 6.61 Å². The molecule has 0 unspecified atom stereocenters. The fraction of sp³-hybridized carbons (Fsp3) is 0.545. The summed E-state index contributed by atoms with van der Waals surface area (Å²) in [4.78, 5) is 15.4. The molecule has 0 aromatic carbocycles. The van der Waals surface area contributed by atoms with Gasteiger partial charge in [0.25, 0.3) is 5.72 Å². The van der Waals surface area contributed by atoms with Crippen molar-refractivity contribution in [1.29, 1.82) is 5.26 Å². The predicted octanol–water partition coefficient (Wildman–Crippen LogP) is -2.23. The van der Waals surface area contributed by atoms with E-state index in [2.05, 4.69) is 4.98 Å². The van der Waals surface area contributed by atoms with E-state index in [1.165, 1.54) is 19.4 Å². The Morgan fingerprint density at radius 2 is 2.45 bits per heavy atom. The summed E-state index contributed by atoms with van der Waals surface area (Å²) < 4.78 is 11.3. The molecular weight excluding hydrogens is 268 g/mol. The van der Waals surface area contributed by atoms with Crippen LogP contribution in [0.25, 0.3) is 0 Å². The van der Waals surface area contributed by atoms with Crippen molar-refractivity contribution in [2.75, 3.05) is 19.5 Å². The summed E-state index contributed by atoms with van der Waals surface area (Å²) in [5.74, 6) is -0.00874. The number of aromatic nitrogens is 2. The zero-order valence-electron chi connectivity index (χ0n) is 10.6. The van der Waals surface area contributed by atoms with E-state index in [4.69, 9.17) is 20.3 Å². The number of aliphatic hydroxyl groups excluding tert-OH is 2. The van der Waals surface area contributed by atoms with Crippen LogP contribution in [-0.2, 0) is 15.2 Å². The quantitative estimate of drug-likeness (QED) is 0.565. The maximum Gasteiger partial charge on any atom is 0.352 e. The first-order valence-corrected chi connectivity index (χ1v) is 5.76. The third-order valence-electron chi connectivity index (χ3n) is 3.18. The highest BCUT2D eigenvalue weighted by molar-refractivity contribution is 5.25. The maximum atomic E-state index is 11.9. The van der Waals surface area contributed by atoms with Crippen LogP contribution in [0.2, 0.25) is 0 Å². The fourth-order valence-electron chi connectivity index (χ4n) is 2.25. The van der Waals surface area contributed by atoms with E-state index in [-0.39, 0.29) is 5.82 Å². The Morgan fingerprint density at radius 1 is 1.75 bits per heavy atom. The van der Waals surface area contributed by atoms with Gasteiger partial charge in [-0.1, -0.05) is 0 Å². The van der Waals surface area contributed by atoms with Gasteiger partial charge in [0.2, 0.25) is 0 Å². The van der Waals surface area contributed by atoms with E-state index < -0.39 is 36.3 Å². The van der Waals surface area contributed by atoms with Crippen molar-refractivity contribution >= 4 is 5.82 Å².